The summed E-state index contributed by atoms with van der Waals surface area (Å²) in [6, 6.07) is 4.83. The third-order valence-corrected chi connectivity index (χ3v) is 4.20. The highest BCUT2D eigenvalue weighted by molar-refractivity contribution is 5.93. The van der Waals surface area contributed by atoms with Crippen LogP contribution in [0.15, 0.2) is 24.4 Å². The lowest BCUT2D eigenvalue weighted by Gasteiger charge is -2.03. The predicted octanol–water partition coefficient (Wildman–Crippen LogP) is 3.93. The van der Waals surface area contributed by atoms with E-state index < -0.39 is 0 Å². The van der Waals surface area contributed by atoms with Crippen molar-refractivity contribution in [2.45, 2.75) is 39.2 Å². The molecule has 4 rings (SSSR count). The number of nitrogens with zero attached hydrogens (tertiary/aromatic N) is 3. The third-order valence-electron chi connectivity index (χ3n) is 4.20. The molecule has 1 aromatic carbocycles. The number of H-pyrrole nitrogens is 1. The lowest BCUT2D eigenvalue weighted by atomic mass is 10.1. The molecular weight excluding hydrogens is 279 g/mol. The number of hydrogen-bond acceptors (Lipinski definition) is 2. The molecule has 0 amide bonds. The second-order valence-electron chi connectivity index (χ2n) is 6.12. The van der Waals surface area contributed by atoms with Crippen LogP contribution in [0.5, 0.6) is 0 Å². The van der Waals surface area contributed by atoms with Gasteiger partial charge in [0, 0.05) is 35.6 Å². The van der Waals surface area contributed by atoms with Crippen molar-refractivity contribution in [3.05, 3.63) is 36.0 Å². The number of rotatable bonds is 5. The smallest absolute Gasteiger partial charge is 0.160 e. The molecule has 1 fully saturated rings. The number of nitrogens with one attached hydrogen (secondary N) is 1. The summed E-state index contributed by atoms with van der Waals surface area (Å²) in [5, 5.41) is 5.67. The van der Waals surface area contributed by atoms with Crippen molar-refractivity contribution >= 4 is 10.9 Å². The van der Waals surface area contributed by atoms with Crippen LogP contribution >= 0.6 is 0 Å². The maximum atomic E-state index is 13.4. The van der Waals surface area contributed by atoms with Crippen molar-refractivity contribution in [3.63, 3.8) is 0 Å². The molecule has 1 saturated carbocycles. The minimum Gasteiger partial charge on any atom is -0.360 e. The van der Waals surface area contributed by atoms with Crippen LogP contribution < -0.4 is 0 Å². The summed E-state index contributed by atoms with van der Waals surface area (Å²) in [5.74, 6) is 2.30. The van der Waals surface area contributed by atoms with Crippen molar-refractivity contribution in [1.29, 1.82) is 0 Å². The standard InChI is InChI=1S/C17H19FN4/c1-2-3-16-20-17(22(21-16)10-11-4-5-11)14-9-19-15-8-12(18)6-7-13(14)15/h6-9,11,19H,2-5,10H2,1H3. The Labute approximate surface area is 128 Å². The van der Waals surface area contributed by atoms with Gasteiger partial charge in [-0.25, -0.2) is 14.1 Å². The van der Waals surface area contributed by atoms with E-state index in [-0.39, 0.29) is 5.82 Å². The molecule has 0 spiro atoms. The second kappa shape index (κ2) is 5.23. The van der Waals surface area contributed by atoms with E-state index >= 15 is 0 Å². The van der Waals surface area contributed by atoms with Gasteiger partial charge in [0.25, 0.3) is 0 Å². The number of aromatic amines is 1. The first-order valence-electron chi connectivity index (χ1n) is 7.95. The van der Waals surface area contributed by atoms with E-state index in [1.54, 1.807) is 0 Å². The van der Waals surface area contributed by atoms with Crippen LogP contribution in [-0.2, 0) is 13.0 Å². The van der Waals surface area contributed by atoms with Gasteiger partial charge in [-0.3, -0.25) is 0 Å². The van der Waals surface area contributed by atoms with Gasteiger partial charge < -0.3 is 4.98 Å². The van der Waals surface area contributed by atoms with E-state index in [0.717, 1.165) is 53.4 Å². The fourth-order valence-corrected chi connectivity index (χ4v) is 2.87. The average molecular weight is 298 g/mol. The van der Waals surface area contributed by atoms with Gasteiger partial charge in [0.1, 0.15) is 5.82 Å². The zero-order valence-electron chi connectivity index (χ0n) is 12.6. The molecule has 114 valence electrons. The first-order chi connectivity index (χ1) is 10.7. The molecule has 0 saturated heterocycles. The van der Waals surface area contributed by atoms with Gasteiger partial charge in [-0.05, 0) is 43.4 Å². The Bertz CT molecular complexity index is 813. The number of benzene rings is 1. The van der Waals surface area contributed by atoms with E-state index in [0.29, 0.717) is 0 Å². The Balaban J connectivity index is 1.81. The van der Waals surface area contributed by atoms with E-state index in [9.17, 15) is 4.39 Å². The highest BCUT2D eigenvalue weighted by Gasteiger charge is 2.25. The zero-order chi connectivity index (χ0) is 15.1. The Morgan fingerprint density at radius 2 is 2.23 bits per heavy atom. The molecule has 0 bridgehead atoms. The second-order valence-corrected chi connectivity index (χ2v) is 6.12. The van der Waals surface area contributed by atoms with Gasteiger partial charge in [-0.1, -0.05) is 6.92 Å². The van der Waals surface area contributed by atoms with Crippen LogP contribution in [0.25, 0.3) is 22.3 Å². The summed E-state index contributed by atoms with van der Waals surface area (Å²) in [6.07, 6.45) is 6.39. The highest BCUT2D eigenvalue weighted by atomic mass is 19.1. The fraction of sp³-hybridized carbons (Fsp3) is 0.412. The summed E-state index contributed by atoms with van der Waals surface area (Å²) < 4.78 is 15.4. The summed E-state index contributed by atoms with van der Waals surface area (Å²) in [6.45, 7) is 3.07. The zero-order valence-corrected chi connectivity index (χ0v) is 12.6. The highest BCUT2D eigenvalue weighted by Crippen LogP contribution is 2.33. The molecule has 1 aliphatic carbocycles. The number of fused-ring (bicyclic) bond motifs is 1. The summed E-state index contributed by atoms with van der Waals surface area (Å²) >= 11 is 0. The average Bonchev–Trinajstić information content (AvgIpc) is 3.08. The summed E-state index contributed by atoms with van der Waals surface area (Å²) in [7, 11) is 0. The quantitative estimate of drug-likeness (QED) is 0.776. The van der Waals surface area contributed by atoms with E-state index in [2.05, 4.69) is 17.0 Å². The van der Waals surface area contributed by atoms with Gasteiger partial charge in [0.2, 0.25) is 0 Å². The largest absolute Gasteiger partial charge is 0.360 e. The molecule has 22 heavy (non-hydrogen) atoms. The number of halogens is 1. The van der Waals surface area contributed by atoms with E-state index in [1.807, 2.05) is 16.9 Å². The lowest BCUT2D eigenvalue weighted by Crippen LogP contribution is -2.04. The summed E-state index contributed by atoms with van der Waals surface area (Å²) in [4.78, 5) is 7.88. The predicted molar refractivity (Wildman–Crippen MR) is 84.0 cm³/mol. The molecule has 5 heteroatoms. The maximum absolute atomic E-state index is 13.4. The van der Waals surface area contributed by atoms with Crippen LogP contribution in [0, 0.1) is 11.7 Å². The Hall–Kier alpha value is -2.17. The first-order valence-corrected chi connectivity index (χ1v) is 7.95. The molecule has 1 aliphatic rings. The van der Waals surface area contributed by atoms with Gasteiger partial charge in [0.05, 0.1) is 0 Å². The molecule has 2 aromatic heterocycles. The molecule has 0 aliphatic heterocycles. The number of aromatic nitrogens is 4. The van der Waals surface area contributed by atoms with Gasteiger partial charge in [-0.15, -0.1) is 0 Å². The number of hydrogen-bond donors (Lipinski definition) is 1. The van der Waals surface area contributed by atoms with Crippen molar-refractivity contribution in [2.75, 3.05) is 0 Å². The van der Waals surface area contributed by atoms with Crippen molar-refractivity contribution in [1.82, 2.24) is 19.7 Å². The van der Waals surface area contributed by atoms with Gasteiger partial charge >= 0.3 is 0 Å². The van der Waals surface area contributed by atoms with Crippen LogP contribution in [0.3, 0.4) is 0 Å². The van der Waals surface area contributed by atoms with Crippen LogP contribution in [0.1, 0.15) is 32.0 Å². The minimum atomic E-state index is -0.230. The van der Waals surface area contributed by atoms with Crippen LogP contribution in [0.2, 0.25) is 0 Å². The van der Waals surface area contributed by atoms with E-state index in [1.165, 1.54) is 25.0 Å². The molecular formula is C17H19FN4. The van der Waals surface area contributed by atoms with Gasteiger partial charge in [0.15, 0.2) is 11.6 Å². The Kier molecular flexibility index (Phi) is 3.21. The van der Waals surface area contributed by atoms with Crippen LogP contribution in [-0.4, -0.2) is 19.7 Å². The molecule has 4 nitrogen and oxygen atoms in total. The third kappa shape index (κ3) is 2.40. The van der Waals surface area contributed by atoms with Crippen molar-refractivity contribution in [3.8, 4) is 11.4 Å². The van der Waals surface area contributed by atoms with Crippen molar-refractivity contribution < 1.29 is 4.39 Å². The molecule has 3 aromatic rings. The number of aryl methyl sites for hydroxylation is 1. The molecule has 1 N–H and O–H groups in total. The lowest BCUT2D eigenvalue weighted by molar-refractivity contribution is 0.561. The molecule has 0 unspecified atom stereocenters. The molecule has 0 atom stereocenters. The summed E-state index contributed by atoms with van der Waals surface area (Å²) in [5.41, 5.74) is 1.80. The molecule has 2 heterocycles. The Morgan fingerprint density at radius 1 is 1.36 bits per heavy atom. The van der Waals surface area contributed by atoms with E-state index in [4.69, 9.17) is 4.98 Å². The normalized spacial score (nSPS) is 14.8. The first kappa shape index (κ1) is 13.5. The fourth-order valence-electron chi connectivity index (χ4n) is 2.87. The maximum Gasteiger partial charge on any atom is 0.160 e. The van der Waals surface area contributed by atoms with Crippen molar-refractivity contribution in [2.24, 2.45) is 5.92 Å². The SMILES string of the molecule is CCCc1nc(-c2c[nH]c3cc(F)ccc23)n(CC2CC2)n1. The van der Waals surface area contributed by atoms with Crippen LogP contribution in [0.4, 0.5) is 4.39 Å². The molecule has 0 radical (unpaired) electrons. The minimum absolute atomic E-state index is 0.230. The Morgan fingerprint density at radius 3 is 3.00 bits per heavy atom. The van der Waals surface area contributed by atoms with Gasteiger partial charge in [-0.2, -0.15) is 5.10 Å². The monoisotopic (exact) mass is 298 g/mol. The topological polar surface area (TPSA) is 46.5 Å².